The smallest absolute Gasteiger partial charge is 0.254 e. The minimum atomic E-state index is -0.992. The van der Waals surface area contributed by atoms with Crippen LogP contribution in [0, 0.1) is 23.1 Å². The highest BCUT2D eigenvalue weighted by atomic mass is 19.2. The molecule has 192 valence electrons. The van der Waals surface area contributed by atoms with Crippen LogP contribution in [0.3, 0.4) is 0 Å². The standard InChI is InChI=1S/C27H25F2N3O5/c1-35-11-10-32(15-26(33)31-17-30)27(34)20-5-3-4-18(12-20)16-37-21-8-6-19(7-9-21)22-13-23(28)24(29)14-25(22)36-2/h3-9,12-14H,10-11,15-16H2,1-2H3,(H,31,33). The third-order valence-corrected chi connectivity index (χ3v) is 5.37. The van der Waals surface area contributed by atoms with E-state index in [2.05, 4.69) is 0 Å². The molecule has 8 nitrogen and oxygen atoms in total. The van der Waals surface area contributed by atoms with Gasteiger partial charge in [-0.15, -0.1) is 0 Å². The summed E-state index contributed by atoms with van der Waals surface area (Å²) < 4.78 is 43.3. The number of methoxy groups -OCH3 is 2. The minimum absolute atomic E-state index is 0.155. The van der Waals surface area contributed by atoms with Gasteiger partial charge < -0.3 is 19.1 Å². The molecule has 0 atom stereocenters. The van der Waals surface area contributed by atoms with E-state index in [1.54, 1.807) is 54.7 Å². The lowest BCUT2D eigenvalue weighted by Crippen LogP contribution is -2.41. The van der Waals surface area contributed by atoms with Gasteiger partial charge in [0, 0.05) is 30.8 Å². The fourth-order valence-electron chi connectivity index (χ4n) is 3.53. The van der Waals surface area contributed by atoms with Crippen molar-refractivity contribution in [2.75, 3.05) is 33.9 Å². The second-order valence-corrected chi connectivity index (χ2v) is 7.86. The molecule has 3 rings (SSSR count). The first-order valence-electron chi connectivity index (χ1n) is 11.2. The van der Waals surface area contributed by atoms with Gasteiger partial charge in [-0.2, -0.15) is 5.26 Å². The summed E-state index contributed by atoms with van der Waals surface area (Å²) >= 11 is 0. The third kappa shape index (κ3) is 7.25. The SMILES string of the molecule is COCCN(CC(=O)NC#N)C(=O)c1cccc(COc2ccc(-c3cc(F)c(F)cc3OC)cc2)c1. The maximum absolute atomic E-state index is 13.7. The molecule has 3 aromatic rings. The quantitative estimate of drug-likeness (QED) is 0.311. The van der Waals surface area contributed by atoms with Crippen LogP contribution in [0.15, 0.2) is 60.7 Å². The molecular formula is C27H25F2N3O5. The number of hydrogen-bond donors (Lipinski definition) is 1. The molecule has 0 saturated heterocycles. The minimum Gasteiger partial charge on any atom is -0.496 e. The highest BCUT2D eigenvalue weighted by Gasteiger charge is 2.19. The maximum atomic E-state index is 13.7. The van der Waals surface area contributed by atoms with E-state index < -0.39 is 23.4 Å². The molecule has 0 aliphatic carbocycles. The lowest BCUT2D eigenvalue weighted by atomic mass is 10.0. The summed E-state index contributed by atoms with van der Waals surface area (Å²) in [6.45, 7) is 0.262. The van der Waals surface area contributed by atoms with Gasteiger partial charge in [-0.3, -0.25) is 14.9 Å². The van der Waals surface area contributed by atoms with Crippen molar-refractivity contribution in [2.45, 2.75) is 6.61 Å². The van der Waals surface area contributed by atoms with Crippen LogP contribution in [0.4, 0.5) is 8.78 Å². The molecule has 0 spiro atoms. The van der Waals surface area contributed by atoms with Crippen molar-refractivity contribution in [2.24, 2.45) is 0 Å². The van der Waals surface area contributed by atoms with Gasteiger partial charge >= 0.3 is 0 Å². The summed E-state index contributed by atoms with van der Waals surface area (Å²) in [7, 11) is 2.86. The van der Waals surface area contributed by atoms with Crippen molar-refractivity contribution in [1.29, 1.82) is 5.26 Å². The number of nitrogens with zero attached hydrogens (tertiary/aromatic N) is 2. The first-order valence-corrected chi connectivity index (χ1v) is 11.2. The van der Waals surface area contributed by atoms with Gasteiger partial charge in [0.1, 0.15) is 24.7 Å². The zero-order chi connectivity index (χ0) is 26.8. The molecule has 0 radical (unpaired) electrons. The van der Waals surface area contributed by atoms with Crippen LogP contribution >= 0.6 is 0 Å². The van der Waals surface area contributed by atoms with E-state index in [-0.39, 0.29) is 32.1 Å². The van der Waals surface area contributed by atoms with Crippen LogP contribution < -0.4 is 14.8 Å². The molecule has 0 aromatic heterocycles. The normalized spacial score (nSPS) is 10.4. The van der Waals surface area contributed by atoms with Crippen LogP contribution in [-0.4, -0.2) is 50.6 Å². The van der Waals surface area contributed by atoms with Gasteiger partial charge in [0.15, 0.2) is 17.8 Å². The number of nitrogens with one attached hydrogen (secondary N) is 1. The van der Waals surface area contributed by atoms with Crippen molar-refractivity contribution in [3.05, 3.63) is 83.4 Å². The average molecular weight is 510 g/mol. The zero-order valence-corrected chi connectivity index (χ0v) is 20.3. The Morgan fingerprint density at radius 1 is 1.03 bits per heavy atom. The van der Waals surface area contributed by atoms with Crippen LogP contribution in [0.2, 0.25) is 0 Å². The molecule has 37 heavy (non-hydrogen) atoms. The summed E-state index contributed by atoms with van der Waals surface area (Å²) in [6.07, 6.45) is 1.55. The Kier molecular flexibility index (Phi) is 9.52. The molecule has 2 amide bonds. The number of carbonyl (C=O) groups is 2. The number of nitriles is 1. The van der Waals surface area contributed by atoms with Crippen molar-refractivity contribution in [1.82, 2.24) is 10.2 Å². The molecule has 0 fully saturated rings. The van der Waals surface area contributed by atoms with E-state index in [9.17, 15) is 18.4 Å². The number of halogens is 2. The Morgan fingerprint density at radius 3 is 2.43 bits per heavy atom. The first-order chi connectivity index (χ1) is 17.9. The highest BCUT2D eigenvalue weighted by molar-refractivity contribution is 5.96. The fourth-order valence-corrected chi connectivity index (χ4v) is 3.53. The Bertz CT molecular complexity index is 1290. The van der Waals surface area contributed by atoms with Crippen LogP contribution in [0.1, 0.15) is 15.9 Å². The molecule has 3 aromatic carbocycles. The zero-order valence-electron chi connectivity index (χ0n) is 20.3. The molecule has 0 heterocycles. The molecule has 0 aliphatic heterocycles. The van der Waals surface area contributed by atoms with Gasteiger partial charge in [-0.1, -0.05) is 24.3 Å². The van der Waals surface area contributed by atoms with E-state index in [0.29, 0.717) is 28.0 Å². The monoisotopic (exact) mass is 509 g/mol. The number of benzene rings is 3. The Morgan fingerprint density at radius 2 is 1.76 bits per heavy atom. The van der Waals surface area contributed by atoms with Gasteiger partial charge in [0.2, 0.25) is 0 Å². The second-order valence-electron chi connectivity index (χ2n) is 7.86. The fraction of sp³-hybridized carbons (Fsp3) is 0.222. The van der Waals surface area contributed by atoms with Gasteiger partial charge in [-0.05, 0) is 41.5 Å². The van der Waals surface area contributed by atoms with E-state index in [1.165, 1.54) is 19.1 Å². The lowest BCUT2D eigenvalue weighted by Gasteiger charge is -2.21. The van der Waals surface area contributed by atoms with E-state index in [0.717, 1.165) is 12.1 Å². The van der Waals surface area contributed by atoms with Gasteiger partial charge in [0.05, 0.1) is 13.7 Å². The Hall–Kier alpha value is -4.49. The number of hydrogen-bond acceptors (Lipinski definition) is 6. The summed E-state index contributed by atoms with van der Waals surface area (Å²) in [6, 6.07) is 15.6. The highest BCUT2D eigenvalue weighted by Crippen LogP contribution is 2.33. The topological polar surface area (TPSA) is 101 Å². The largest absolute Gasteiger partial charge is 0.496 e. The molecule has 0 unspecified atom stereocenters. The van der Waals surface area contributed by atoms with Crippen LogP contribution in [-0.2, 0) is 16.1 Å². The van der Waals surface area contributed by atoms with Gasteiger partial charge in [-0.25, -0.2) is 8.78 Å². The maximum Gasteiger partial charge on any atom is 0.254 e. The van der Waals surface area contributed by atoms with Crippen molar-refractivity contribution in [3.8, 4) is 28.8 Å². The van der Waals surface area contributed by atoms with Crippen molar-refractivity contribution in [3.63, 3.8) is 0 Å². The molecule has 0 aliphatic rings. The summed E-state index contributed by atoms with van der Waals surface area (Å²) in [4.78, 5) is 26.1. The molecule has 1 N–H and O–H groups in total. The number of rotatable bonds is 11. The summed E-state index contributed by atoms with van der Waals surface area (Å²) in [5.41, 5.74) is 2.08. The summed E-state index contributed by atoms with van der Waals surface area (Å²) in [5.74, 6) is -2.23. The van der Waals surface area contributed by atoms with Crippen LogP contribution in [0.25, 0.3) is 11.1 Å². The van der Waals surface area contributed by atoms with E-state index >= 15 is 0 Å². The van der Waals surface area contributed by atoms with Crippen LogP contribution in [0.5, 0.6) is 11.5 Å². The predicted octanol–water partition coefficient (Wildman–Crippen LogP) is 3.91. The predicted molar refractivity (Wildman–Crippen MR) is 131 cm³/mol. The molecule has 10 heteroatoms. The number of ether oxygens (including phenoxy) is 3. The van der Waals surface area contributed by atoms with Crippen molar-refractivity contribution >= 4 is 11.8 Å². The summed E-state index contributed by atoms with van der Waals surface area (Å²) in [5, 5.41) is 10.6. The number of carbonyl (C=O) groups excluding carboxylic acids is 2. The van der Waals surface area contributed by atoms with E-state index in [1.807, 2.05) is 5.32 Å². The Balaban J connectivity index is 1.69. The molecule has 0 bridgehead atoms. The molecular weight excluding hydrogens is 484 g/mol. The lowest BCUT2D eigenvalue weighted by molar-refractivity contribution is -0.120. The first kappa shape index (κ1) is 27.1. The Labute approximate surface area is 213 Å². The third-order valence-electron chi connectivity index (χ3n) is 5.37. The van der Waals surface area contributed by atoms with Gasteiger partial charge in [0.25, 0.3) is 11.8 Å². The van der Waals surface area contributed by atoms with Crippen molar-refractivity contribution < 1.29 is 32.6 Å². The molecule has 0 saturated carbocycles. The van der Waals surface area contributed by atoms with E-state index in [4.69, 9.17) is 19.5 Å². The number of amides is 2. The average Bonchev–Trinajstić information content (AvgIpc) is 2.91. The second kappa shape index (κ2) is 13.0.